The van der Waals surface area contributed by atoms with Gasteiger partial charge in [0.1, 0.15) is 0 Å². The van der Waals surface area contributed by atoms with E-state index in [0.717, 1.165) is 0 Å². The van der Waals surface area contributed by atoms with Crippen molar-refractivity contribution in [2.24, 2.45) is 5.73 Å². The molecule has 1 amide bonds. The highest BCUT2D eigenvalue weighted by atomic mass is 16.1. The summed E-state index contributed by atoms with van der Waals surface area (Å²) in [7, 11) is 0. The van der Waals surface area contributed by atoms with E-state index in [2.05, 4.69) is 9.97 Å². The number of benzene rings is 1. The van der Waals surface area contributed by atoms with Gasteiger partial charge in [-0.05, 0) is 12.1 Å². The predicted octanol–water partition coefficient (Wildman–Crippen LogP) is 1.20. The molecule has 1 aromatic heterocycles. The number of aromatic nitrogens is 2. The van der Waals surface area contributed by atoms with Crippen molar-refractivity contribution in [3.05, 3.63) is 54.6 Å². The zero-order valence-corrected chi connectivity index (χ0v) is 7.55. The molecule has 0 fully saturated rings. The number of nitrogens with one attached hydrogen (secondary N) is 1. The van der Waals surface area contributed by atoms with Gasteiger partial charge < -0.3 is 10.7 Å². The van der Waals surface area contributed by atoms with Crippen LogP contribution >= 0.6 is 0 Å². The van der Waals surface area contributed by atoms with Crippen LogP contribution in [0.5, 0.6) is 0 Å². The molecule has 0 aliphatic carbocycles. The van der Waals surface area contributed by atoms with Gasteiger partial charge in [-0.2, -0.15) is 0 Å². The maximum Gasteiger partial charge on any atom is 0.248 e. The Labute approximate surface area is 81.8 Å². The van der Waals surface area contributed by atoms with Crippen molar-refractivity contribution in [2.45, 2.75) is 0 Å². The number of carbonyl (C=O) groups is 1. The number of nitrogens with two attached hydrogens (primary N) is 1. The maximum absolute atomic E-state index is 10.4. The Hall–Kier alpha value is -2.10. The van der Waals surface area contributed by atoms with E-state index in [0.29, 0.717) is 5.56 Å². The normalized spacial score (nSPS) is 8.57. The van der Waals surface area contributed by atoms with Crippen molar-refractivity contribution >= 4 is 5.91 Å². The van der Waals surface area contributed by atoms with Crippen LogP contribution in [0, 0.1) is 0 Å². The van der Waals surface area contributed by atoms with E-state index in [1.807, 2.05) is 6.07 Å². The van der Waals surface area contributed by atoms with Crippen molar-refractivity contribution in [3.8, 4) is 0 Å². The van der Waals surface area contributed by atoms with Gasteiger partial charge >= 0.3 is 0 Å². The molecule has 72 valence electrons. The van der Waals surface area contributed by atoms with Gasteiger partial charge in [0.2, 0.25) is 5.91 Å². The highest BCUT2D eigenvalue weighted by molar-refractivity contribution is 5.92. The summed E-state index contributed by atoms with van der Waals surface area (Å²) in [6.07, 6.45) is 5.08. The molecule has 0 saturated heterocycles. The van der Waals surface area contributed by atoms with Crippen molar-refractivity contribution in [1.82, 2.24) is 9.97 Å². The van der Waals surface area contributed by atoms with Crippen LogP contribution in [0.25, 0.3) is 0 Å². The van der Waals surface area contributed by atoms with E-state index in [1.165, 1.54) is 0 Å². The number of H-pyrrole nitrogens is 1. The van der Waals surface area contributed by atoms with Crippen LogP contribution in [-0.2, 0) is 0 Å². The standard InChI is InChI=1S/C7H7NO.C3H4N2/c8-7(9)6-4-2-1-3-5-6;1-2-5-3-4-1/h1-5H,(H2,8,9);1-3H,(H,4,5). The number of rotatable bonds is 1. The van der Waals surface area contributed by atoms with Crippen LogP contribution in [0.2, 0.25) is 0 Å². The average Bonchev–Trinajstić information content (AvgIpc) is 2.77. The molecule has 2 aromatic rings. The van der Waals surface area contributed by atoms with Gasteiger partial charge in [0.25, 0.3) is 0 Å². The second kappa shape index (κ2) is 5.53. The fraction of sp³-hybridized carbons (Fsp3) is 0. The highest BCUT2D eigenvalue weighted by Crippen LogP contribution is 1.94. The van der Waals surface area contributed by atoms with Gasteiger partial charge in [0, 0.05) is 18.0 Å². The molecule has 1 aromatic carbocycles. The van der Waals surface area contributed by atoms with E-state index in [4.69, 9.17) is 5.73 Å². The smallest absolute Gasteiger partial charge is 0.248 e. The fourth-order valence-electron chi connectivity index (χ4n) is 0.818. The number of carbonyl (C=O) groups excluding carboxylic acids is 1. The Morgan fingerprint density at radius 1 is 1.29 bits per heavy atom. The van der Waals surface area contributed by atoms with Crippen LogP contribution in [0.3, 0.4) is 0 Å². The van der Waals surface area contributed by atoms with Crippen LogP contribution in [0.15, 0.2) is 49.1 Å². The highest BCUT2D eigenvalue weighted by Gasteiger charge is 1.93. The lowest BCUT2D eigenvalue weighted by atomic mass is 10.2. The van der Waals surface area contributed by atoms with Crippen molar-refractivity contribution < 1.29 is 4.79 Å². The molecule has 0 unspecified atom stereocenters. The summed E-state index contributed by atoms with van der Waals surface area (Å²) in [5, 5.41) is 0. The maximum atomic E-state index is 10.4. The lowest BCUT2D eigenvalue weighted by Crippen LogP contribution is -2.09. The first kappa shape index (κ1) is 9.98. The molecule has 1 heterocycles. The quantitative estimate of drug-likeness (QED) is 0.707. The van der Waals surface area contributed by atoms with Crippen LogP contribution in [0.1, 0.15) is 10.4 Å². The zero-order chi connectivity index (χ0) is 10.2. The number of imidazole rings is 1. The van der Waals surface area contributed by atoms with E-state index in [1.54, 1.807) is 43.0 Å². The molecule has 0 aliphatic heterocycles. The van der Waals surface area contributed by atoms with Gasteiger partial charge in [-0.1, -0.05) is 18.2 Å². The van der Waals surface area contributed by atoms with Crippen molar-refractivity contribution in [1.29, 1.82) is 0 Å². The van der Waals surface area contributed by atoms with Gasteiger partial charge in [0.05, 0.1) is 6.33 Å². The summed E-state index contributed by atoms with van der Waals surface area (Å²) in [6.45, 7) is 0. The molecular weight excluding hydrogens is 178 g/mol. The van der Waals surface area contributed by atoms with Crippen LogP contribution in [0.4, 0.5) is 0 Å². The molecule has 0 radical (unpaired) electrons. The van der Waals surface area contributed by atoms with Crippen LogP contribution in [-0.4, -0.2) is 15.9 Å². The second-order valence-corrected chi connectivity index (χ2v) is 2.49. The first-order valence-corrected chi connectivity index (χ1v) is 4.08. The molecular formula is C10H11N3O. The summed E-state index contributed by atoms with van der Waals surface area (Å²) in [6, 6.07) is 8.76. The zero-order valence-electron chi connectivity index (χ0n) is 7.55. The molecule has 0 atom stereocenters. The van der Waals surface area contributed by atoms with E-state index in [9.17, 15) is 4.79 Å². The Bertz CT molecular complexity index is 339. The third kappa shape index (κ3) is 3.53. The summed E-state index contributed by atoms with van der Waals surface area (Å²) < 4.78 is 0. The second-order valence-electron chi connectivity index (χ2n) is 2.49. The monoisotopic (exact) mass is 189 g/mol. The first-order valence-electron chi connectivity index (χ1n) is 4.08. The lowest BCUT2D eigenvalue weighted by molar-refractivity contribution is 0.100. The minimum atomic E-state index is -0.379. The van der Waals surface area contributed by atoms with Gasteiger partial charge in [-0.15, -0.1) is 0 Å². The molecule has 4 heteroatoms. The third-order valence-electron chi connectivity index (χ3n) is 1.46. The molecule has 0 spiro atoms. The van der Waals surface area contributed by atoms with Crippen molar-refractivity contribution in [3.63, 3.8) is 0 Å². The van der Waals surface area contributed by atoms with E-state index >= 15 is 0 Å². The largest absolute Gasteiger partial charge is 0.366 e. The summed E-state index contributed by atoms with van der Waals surface area (Å²) >= 11 is 0. The lowest BCUT2D eigenvalue weighted by Gasteiger charge is -1.89. The number of nitrogens with zero attached hydrogens (tertiary/aromatic N) is 1. The van der Waals surface area contributed by atoms with Crippen LogP contribution < -0.4 is 5.73 Å². The molecule has 14 heavy (non-hydrogen) atoms. The average molecular weight is 189 g/mol. The Balaban J connectivity index is 0.000000165. The Morgan fingerprint density at radius 3 is 2.29 bits per heavy atom. The molecule has 0 bridgehead atoms. The molecule has 4 nitrogen and oxygen atoms in total. The molecule has 3 N–H and O–H groups in total. The third-order valence-corrected chi connectivity index (χ3v) is 1.46. The number of hydrogen-bond acceptors (Lipinski definition) is 2. The minimum absolute atomic E-state index is 0.379. The molecule has 0 saturated carbocycles. The van der Waals surface area contributed by atoms with E-state index in [-0.39, 0.29) is 5.91 Å². The number of aromatic amines is 1. The van der Waals surface area contributed by atoms with Gasteiger partial charge in [-0.3, -0.25) is 4.79 Å². The van der Waals surface area contributed by atoms with Gasteiger partial charge in [-0.25, -0.2) is 4.98 Å². The summed E-state index contributed by atoms with van der Waals surface area (Å²) in [5.74, 6) is -0.379. The number of amides is 1. The number of hydrogen-bond donors (Lipinski definition) is 2. The van der Waals surface area contributed by atoms with Gasteiger partial charge in [0.15, 0.2) is 0 Å². The number of primary amides is 1. The fourth-order valence-corrected chi connectivity index (χ4v) is 0.818. The SMILES string of the molecule is NC(=O)c1ccccc1.c1c[nH]cn1. The Kier molecular flexibility index (Phi) is 3.94. The van der Waals surface area contributed by atoms with E-state index < -0.39 is 0 Å². The van der Waals surface area contributed by atoms with Crippen molar-refractivity contribution in [2.75, 3.05) is 0 Å². The molecule has 0 aliphatic rings. The topological polar surface area (TPSA) is 71.8 Å². The minimum Gasteiger partial charge on any atom is -0.366 e. The first-order chi connectivity index (χ1) is 6.80. The summed E-state index contributed by atoms with van der Waals surface area (Å²) in [5.41, 5.74) is 5.53. The Morgan fingerprint density at radius 2 is 2.00 bits per heavy atom. The summed E-state index contributed by atoms with van der Waals surface area (Å²) in [4.78, 5) is 16.8. The predicted molar refractivity (Wildman–Crippen MR) is 53.5 cm³/mol. The molecule has 2 rings (SSSR count).